The highest BCUT2D eigenvalue weighted by Crippen LogP contribution is 2.40. The minimum absolute atomic E-state index is 0.285. The van der Waals surface area contributed by atoms with Crippen LogP contribution in [0.4, 0.5) is 0 Å². The number of ether oxygens (including phenoxy) is 3. The van der Waals surface area contributed by atoms with Crippen molar-refractivity contribution in [2.24, 2.45) is 0 Å². The molecule has 2 aromatic carbocycles. The first-order valence-corrected chi connectivity index (χ1v) is 11.1. The van der Waals surface area contributed by atoms with Crippen LogP contribution in [0, 0.1) is 0 Å². The molecule has 0 spiro atoms. The first-order chi connectivity index (χ1) is 16.0. The van der Waals surface area contributed by atoms with Crippen molar-refractivity contribution >= 4 is 35.8 Å². The lowest BCUT2D eigenvalue weighted by Gasteiger charge is -2.30. The predicted molar refractivity (Wildman–Crippen MR) is 122 cm³/mol. The van der Waals surface area contributed by atoms with Crippen LogP contribution in [0.2, 0.25) is 10.0 Å². The Labute approximate surface area is 204 Å². The number of hydrogen-bond donors (Lipinski definition) is 0. The monoisotopic (exact) mass is 503 g/mol. The Hall–Kier alpha value is -2.76. The van der Waals surface area contributed by atoms with Gasteiger partial charge in [0.05, 0.1) is 30.2 Å². The molecule has 5 rings (SSSR count). The maximum Gasteiger partial charge on any atom is 0.244 e. The van der Waals surface area contributed by atoms with Crippen LogP contribution in [-0.2, 0) is 21.8 Å². The highest BCUT2D eigenvalue weighted by molar-refractivity contribution is 7.80. The minimum Gasteiger partial charge on any atom is -0.491 e. The maximum absolute atomic E-state index is 6.50. The van der Waals surface area contributed by atoms with Crippen molar-refractivity contribution < 1.29 is 14.2 Å². The summed E-state index contributed by atoms with van der Waals surface area (Å²) in [5.74, 6) is -0.432. The molecule has 33 heavy (non-hydrogen) atoms. The molecule has 9 nitrogen and oxygen atoms in total. The fourth-order valence-corrected chi connectivity index (χ4v) is 4.32. The van der Waals surface area contributed by atoms with E-state index in [0.717, 1.165) is 5.69 Å². The third-order valence-corrected chi connectivity index (χ3v) is 5.91. The molecule has 169 valence electrons. The van der Waals surface area contributed by atoms with Crippen LogP contribution in [-0.4, -0.2) is 49.1 Å². The molecule has 4 aromatic rings. The topological polar surface area (TPSA) is 89.1 Å². The molecule has 1 aliphatic heterocycles. The summed E-state index contributed by atoms with van der Waals surface area (Å²) >= 11 is 17.7. The zero-order chi connectivity index (χ0) is 22.8. The van der Waals surface area contributed by atoms with Crippen molar-refractivity contribution in [3.63, 3.8) is 0 Å². The van der Waals surface area contributed by atoms with Gasteiger partial charge in [0.25, 0.3) is 0 Å². The van der Waals surface area contributed by atoms with Crippen LogP contribution in [0.1, 0.15) is 5.56 Å². The lowest BCUT2D eigenvalue weighted by molar-refractivity contribution is -0.189. The number of hydrogen-bond acceptors (Lipinski definition) is 7. The van der Waals surface area contributed by atoms with Gasteiger partial charge in [0, 0.05) is 23.0 Å². The Morgan fingerprint density at radius 1 is 1.18 bits per heavy atom. The van der Waals surface area contributed by atoms with Crippen molar-refractivity contribution in [1.29, 1.82) is 0 Å². The number of benzene rings is 2. The van der Waals surface area contributed by atoms with E-state index in [1.165, 1.54) is 4.68 Å². The van der Waals surface area contributed by atoms with Gasteiger partial charge in [0.15, 0.2) is 0 Å². The van der Waals surface area contributed by atoms with Gasteiger partial charge in [-0.1, -0.05) is 34.4 Å². The Bertz CT molecular complexity index is 1240. The van der Waals surface area contributed by atoms with Crippen molar-refractivity contribution in [2.75, 3.05) is 13.2 Å². The molecule has 0 amide bonds. The lowest BCUT2D eigenvalue weighted by atomic mass is 10.1. The van der Waals surface area contributed by atoms with Crippen LogP contribution in [0.5, 0.6) is 5.75 Å². The molecule has 0 unspecified atom stereocenters. The fourth-order valence-electron chi connectivity index (χ4n) is 3.59. The molecule has 12 heteroatoms. The van der Waals surface area contributed by atoms with Crippen LogP contribution >= 0.6 is 35.8 Å². The molecule has 3 heterocycles. The van der Waals surface area contributed by atoms with Gasteiger partial charge in [-0.25, -0.2) is 4.98 Å². The standard InChI is InChI=1S/C21H17Cl2N6O3S/c22-14-1-6-18(19(23)9-14)21(12-28-8-7-24-13-28)31-11-17(32-21)10-30-16-4-2-15(3-5-16)29-20(33)25-26-27-29/h1-9,13,17H,10-12H2/t17-,21-/m1/s1. The van der Waals surface area contributed by atoms with Crippen molar-refractivity contribution in [3.05, 3.63) is 76.8 Å². The minimum atomic E-state index is -1.10. The lowest BCUT2D eigenvalue weighted by Crippen LogP contribution is -2.34. The molecule has 1 radical (unpaired) electrons. The molecule has 1 aliphatic rings. The number of halogens is 2. The molecule has 0 aliphatic carbocycles. The first-order valence-electron chi connectivity index (χ1n) is 9.94. The molecular weight excluding hydrogens is 487 g/mol. The number of aromatic nitrogens is 6. The summed E-state index contributed by atoms with van der Waals surface area (Å²) in [4.78, 5) is 4.10. The number of nitrogens with zero attached hydrogens (tertiary/aromatic N) is 6. The van der Waals surface area contributed by atoms with Gasteiger partial charge in [0.1, 0.15) is 18.5 Å². The molecule has 0 bridgehead atoms. The van der Waals surface area contributed by atoms with Gasteiger partial charge in [-0.05, 0) is 59.5 Å². The van der Waals surface area contributed by atoms with Gasteiger partial charge in [0.2, 0.25) is 10.9 Å². The van der Waals surface area contributed by atoms with Crippen molar-refractivity contribution in [2.45, 2.75) is 23.6 Å². The zero-order valence-corrected chi connectivity index (χ0v) is 19.4. The van der Waals surface area contributed by atoms with E-state index in [0.29, 0.717) is 34.5 Å². The summed E-state index contributed by atoms with van der Waals surface area (Å²) in [6.07, 6.45) is 4.91. The van der Waals surface area contributed by atoms with E-state index in [4.69, 9.17) is 50.0 Å². The third kappa shape index (κ3) is 4.66. The van der Waals surface area contributed by atoms with Gasteiger partial charge in [-0.15, -0.1) is 0 Å². The highest BCUT2D eigenvalue weighted by atomic mass is 35.5. The first kappa shape index (κ1) is 22.1. The van der Waals surface area contributed by atoms with Crippen LogP contribution in [0.25, 0.3) is 5.69 Å². The smallest absolute Gasteiger partial charge is 0.244 e. The van der Waals surface area contributed by atoms with Crippen LogP contribution in [0.15, 0.2) is 66.3 Å². The molecule has 2 atom stereocenters. The van der Waals surface area contributed by atoms with Gasteiger partial charge >= 0.3 is 0 Å². The SMILES string of the molecule is [S]c1nnnn1-c1ccc(OC[C@@H]2CO[C@@](Cn3ccnc3)(c3ccc(Cl)cc3Cl)O2)cc1. The van der Waals surface area contributed by atoms with Crippen molar-refractivity contribution in [3.8, 4) is 11.4 Å². The Morgan fingerprint density at radius 2 is 2.03 bits per heavy atom. The Morgan fingerprint density at radius 3 is 2.73 bits per heavy atom. The second-order valence-electron chi connectivity index (χ2n) is 7.34. The highest BCUT2D eigenvalue weighted by Gasteiger charge is 2.45. The molecule has 0 saturated carbocycles. The second kappa shape index (κ2) is 9.24. The van der Waals surface area contributed by atoms with Gasteiger partial charge in [-0.2, -0.15) is 4.68 Å². The Kier molecular flexibility index (Phi) is 6.17. The van der Waals surface area contributed by atoms with E-state index in [1.54, 1.807) is 24.7 Å². The van der Waals surface area contributed by atoms with E-state index in [2.05, 4.69) is 20.5 Å². The maximum atomic E-state index is 6.50. The summed E-state index contributed by atoms with van der Waals surface area (Å²) in [5.41, 5.74) is 1.44. The molecule has 2 aromatic heterocycles. The van der Waals surface area contributed by atoms with Crippen molar-refractivity contribution in [1.82, 2.24) is 29.8 Å². The summed E-state index contributed by atoms with van der Waals surface area (Å²) in [5, 5.41) is 12.4. The van der Waals surface area contributed by atoms with E-state index < -0.39 is 5.79 Å². The zero-order valence-electron chi connectivity index (χ0n) is 17.0. The van der Waals surface area contributed by atoms with E-state index in [-0.39, 0.29) is 17.9 Å². The average molecular weight is 504 g/mol. The van der Waals surface area contributed by atoms with E-state index in [9.17, 15) is 0 Å². The summed E-state index contributed by atoms with van der Waals surface area (Å²) in [6, 6.07) is 12.5. The summed E-state index contributed by atoms with van der Waals surface area (Å²) in [6.45, 7) is 0.984. The normalized spacial score (nSPS) is 20.2. The number of tetrazole rings is 1. The van der Waals surface area contributed by atoms with Gasteiger partial charge < -0.3 is 18.8 Å². The number of imidazole rings is 1. The molecule has 1 fully saturated rings. The predicted octanol–water partition coefficient (Wildman–Crippen LogP) is 4.07. The van der Waals surface area contributed by atoms with E-state index >= 15 is 0 Å². The third-order valence-electron chi connectivity index (χ3n) is 5.11. The second-order valence-corrected chi connectivity index (χ2v) is 8.55. The van der Waals surface area contributed by atoms with Crippen LogP contribution in [0.3, 0.4) is 0 Å². The quantitative estimate of drug-likeness (QED) is 0.375. The van der Waals surface area contributed by atoms with Crippen LogP contribution < -0.4 is 4.74 Å². The largest absolute Gasteiger partial charge is 0.491 e. The summed E-state index contributed by atoms with van der Waals surface area (Å²) < 4.78 is 21.9. The Balaban J connectivity index is 1.30. The molecule has 1 saturated heterocycles. The number of rotatable bonds is 7. The van der Waals surface area contributed by atoms with Gasteiger partial charge in [-0.3, -0.25) is 0 Å². The average Bonchev–Trinajstić information content (AvgIpc) is 3.55. The fraction of sp³-hybridized carbons (Fsp3) is 0.238. The molecule has 0 N–H and O–H groups in total. The molecular formula is C21H17Cl2N6O3S. The van der Waals surface area contributed by atoms with E-state index in [1.807, 2.05) is 41.1 Å². The summed E-state index contributed by atoms with van der Waals surface area (Å²) in [7, 11) is 0.